The van der Waals surface area contributed by atoms with Crippen LogP contribution in [0.2, 0.25) is 0 Å². The van der Waals surface area contributed by atoms with E-state index in [0.29, 0.717) is 12.2 Å². The van der Waals surface area contributed by atoms with Crippen molar-refractivity contribution in [2.45, 2.75) is 18.2 Å². The Hall–Kier alpha value is -1.75. The average Bonchev–Trinajstić information content (AvgIpc) is 2.41. The highest BCUT2D eigenvalue weighted by Crippen LogP contribution is 2.30. The number of sulfone groups is 1. The molecule has 0 amide bonds. The Morgan fingerprint density at radius 3 is 2.47 bits per heavy atom. The minimum absolute atomic E-state index is 0.0172. The third-order valence-electron chi connectivity index (χ3n) is 3.14. The molecule has 1 atom stereocenters. The molecule has 0 fully saturated rings. The molecule has 102 valence electrons. The monoisotopic (exact) mass is 280 g/mol. The third kappa shape index (κ3) is 2.51. The number of benzene rings is 1. The summed E-state index contributed by atoms with van der Waals surface area (Å²) < 4.78 is 29.9. The van der Waals surface area contributed by atoms with Crippen LogP contribution in [-0.2, 0) is 9.84 Å². The number of hydrogen-bond acceptors (Lipinski definition) is 4. The molecule has 5 heteroatoms. The molecule has 1 aromatic rings. The van der Waals surface area contributed by atoms with E-state index in [1.54, 1.807) is 25.1 Å². The van der Waals surface area contributed by atoms with Crippen LogP contribution in [0, 0.1) is 5.92 Å². The highest BCUT2D eigenvalue weighted by atomic mass is 32.2. The van der Waals surface area contributed by atoms with Gasteiger partial charge in [-0.05, 0) is 36.8 Å². The summed E-state index contributed by atoms with van der Waals surface area (Å²) in [5.41, 5.74) is 0. The largest absolute Gasteiger partial charge is 0.511 e. The van der Waals surface area contributed by atoms with Crippen molar-refractivity contribution >= 4 is 9.84 Å². The van der Waals surface area contributed by atoms with Gasteiger partial charge in [0.15, 0.2) is 0 Å². The van der Waals surface area contributed by atoms with Gasteiger partial charge in [-0.15, -0.1) is 0 Å². The molecule has 19 heavy (non-hydrogen) atoms. The van der Waals surface area contributed by atoms with Gasteiger partial charge in [-0.1, -0.05) is 13.0 Å². The molecule has 0 aliphatic heterocycles. The van der Waals surface area contributed by atoms with Gasteiger partial charge in [0.2, 0.25) is 9.84 Å². The maximum Gasteiger partial charge on any atom is 0.209 e. The first-order valence-electron chi connectivity index (χ1n) is 5.95. The van der Waals surface area contributed by atoms with E-state index in [-0.39, 0.29) is 21.5 Å². The van der Waals surface area contributed by atoms with Gasteiger partial charge in [-0.2, -0.15) is 0 Å². The van der Waals surface area contributed by atoms with E-state index in [2.05, 4.69) is 0 Å². The van der Waals surface area contributed by atoms with Crippen molar-refractivity contribution < 1.29 is 18.3 Å². The lowest BCUT2D eigenvalue weighted by Gasteiger charge is -2.17. The van der Waals surface area contributed by atoms with Crippen LogP contribution in [0.1, 0.15) is 13.3 Å². The van der Waals surface area contributed by atoms with E-state index in [4.69, 9.17) is 4.74 Å². The molecule has 4 nitrogen and oxygen atoms in total. The smallest absolute Gasteiger partial charge is 0.209 e. The number of aliphatic hydroxyl groups excluding tert-OH is 1. The molecule has 1 aliphatic rings. The van der Waals surface area contributed by atoms with Crippen LogP contribution in [0.4, 0.5) is 0 Å². The Balaban J connectivity index is 2.47. The molecule has 2 rings (SSSR count). The van der Waals surface area contributed by atoms with E-state index >= 15 is 0 Å². The Kier molecular flexibility index (Phi) is 3.66. The Morgan fingerprint density at radius 1 is 1.26 bits per heavy atom. The number of aliphatic hydroxyl groups is 1. The van der Waals surface area contributed by atoms with Crippen LogP contribution in [0.25, 0.3) is 0 Å². The third-order valence-corrected chi connectivity index (χ3v) is 4.95. The zero-order chi connectivity index (χ0) is 14.0. The molecule has 1 unspecified atom stereocenters. The summed E-state index contributed by atoms with van der Waals surface area (Å²) in [4.78, 5) is 0.130. The van der Waals surface area contributed by atoms with Crippen LogP contribution in [0.15, 0.2) is 52.0 Å². The van der Waals surface area contributed by atoms with Gasteiger partial charge in [0.05, 0.1) is 12.0 Å². The van der Waals surface area contributed by atoms with Crippen molar-refractivity contribution in [3.8, 4) is 5.75 Å². The Labute approximate surface area is 112 Å². The highest BCUT2D eigenvalue weighted by molar-refractivity contribution is 7.95. The molecule has 1 aromatic carbocycles. The van der Waals surface area contributed by atoms with Crippen molar-refractivity contribution in [2.24, 2.45) is 5.92 Å². The minimum Gasteiger partial charge on any atom is -0.511 e. The molecule has 0 spiro atoms. The average molecular weight is 280 g/mol. The Morgan fingerprint density at radius 2 is 1.89 bits per heavy atom. The lowest BCUT2D eigenvalue weighted by Crippen LogP contribution is -2.13. The van der Waals surface area contributed by atoms with Gasteiger partial charge < -0.3 is 9.84 Å². The molecular formula is C14H16O4S. The van der Waals surface area contributed by atoms with Crippen LogP contribution in [0.5, 0.6) is 5.75 Å². The van der Waals surface area contributed by atoms with E-state index < -0.39 is 9.84 Å². The van der Waals surface area contributed by atoms with Crippen molar-refractivity contribution in [1.29, 1.82) is 0 Å². The van der Waals surface area contributed by atoms with Crippen LogP contribution < -0.4 is 4.74 Å². The second-order valence-corrected chi connectivity index (χ2v) is 6.39. The number of ether oxygens (including phenoxy) is 1. The van der Waals surface area contributed by atoms with Gasteiger partial charge in [0.1, 0.15) is 16.4 Å². The quantitative estimate of drug-likeness (QED) is 0.924. The Bertz CT molecular complexity index is 624. The maximum absolute atomic E-state index is 12.4. The van der Waals surface area contributed by atoms with Crippen LogP contribution >= 0.6 is 0 Å². The standard InChI is InChI=1S/C14H16O4S/c1-10-4-3-5-13(14(10)15)19(16,17)12-8-6-11(18-2)7-9-12/h3,5-10,15H,4H2,1-2H3. The molecule has 0 aromatic heterocycles. The molecule has 1 aliphatic carbocycles. The highest BCUT2D eigenvalue weighted by Gasteiger charge is 2.27. The lowest BCUT2D eigenvalue weighted by atomic mass is 10.0. The summed E-state index contributed by atoms with van der Waals surface area (Å²) in [5.74, 6) is 0.344. The molecule has 0 bridgehead atoms. The first-order valence-corrected chi connectivity index (χ1v) is 7.44. The van der Waals surface area contributed by atoms with Gasteiger partial charge in [-0.25, -0.2) is 8.42 Å². The summed E-state index contributed by atoms with van der Waals surface area (Å²) >= 11 is 0. The molecule has 0 saturated heterocycles. The van der Waals surface area contributed by atoms with Crippen molar-refractivity contribution in [1.82, 2.24) is 0 Å². The molecule has 0 saturated carbocycles. The first-order chi connectivity index (χ1) is 8.96. The maximum atomic E-state index is 12.4. The molecular weight excluding hydrogens is 264 g/mol. The van der Waals surface area contributed by atoms with E-state index in [1.165, 1.54) is 25.3 Å². The van der Waals surface area contributed by atoms with Crippen molar-refractivity contribution in [2.75, 3.05) is 7.11 Å². The second kappa shape index (κ2) is 5.09. The fourth-order valence-electron chi connectivity index (χ4n) is 1.93. The summed E-state index contributed by atoms with van der Waals surface area (Å²) in [6, 6.07) is 6.12. The zero-order valence-electron chi connectivity index (χ0n) is 10.8. The van der Waals surface area contributed by atoms with E-state index in [1.807, 2.05) is 0 Å². The number of allylic oxidation sites excluding steroid dienone is 3. The van der Waals surface area contributed by atoms with Crippen LogP contribution in [0.3, 0.4) is 0 Å². The second-order valence-electron chi connectivity index (χ2n) is 4.47. The van der Waals surface area contributed by atoms with Crippen molar-refractivity contribution in [3.63, 3.8) is 0 Å². The van der Waals surface area contributed by atoms with Gasteiger partial charge >= 0.3 is 0 Å². The van der Waals surface area contributed by atoms with E-state index in [0.717, 1.165) is 0 Å². The minimum atomic E-state index is -3.68. The topological polar surface area (TPSA) is 63.6 Å². The molecule has 0 radical (unpaired) electrons. The summed E-state index contributed by atoms with van der Waals surface area (Å²) in [6.07, 6.45) is 3.88. The van der Waals surface area contributed by atoms with Crippen LogP contribution in [-0.4, -0.2) is 20.6 Å². The predicted molar refractivity (Wildman–Crippen MR) is 72.8 cm³/mol. The zero-order valence-corrected chi connectivity index (χ0v) is 11.6. The van der Waals surface area contributed by atoms with Gasteiger partial charge in [0, 0.05) is 5.92 Å². The lowest BCUT2D eigenvalue weighted by molar-refractivity contribution is 0.336. The van der Waals surface area contributed by atoms with E-state index in [9.17, 15) is 13.5 Å². The predicted octanol–water partition coefficient (Wildman–Crippen LogP) is 2.83. The first kappa shape index (κ1) is 13.7. The fourth-order valence-corrected chi connectivity index (χ4v) is 3.43. The summed E-state index contributed by atoms with van der Waals surface area (Å²) in [5, 5.41) is 9.96. The summed E-state index contributed by atoms with van der Waals surface area (Å²) in [6.45, 7) is 1.79. The normalized spacial score (nSPS) is 19.6. The van der Waals surface area contributed by atoms with Gasteiger partial charge in [0.25, 0.3) is 0 Å². The number of hydrogen-bond donors (Lipinski definition) is 1. The number of methoxy groups -OCH3 is 1. The summed E-state index contributed by atoms with van der Waals surface area (Å²) in [7, 11) is -2.16. The molecule has 0 heterocycles. The fraction of sp³-hybridized carbons (Fsp3) is 0.286. The molecule has 1 N–H and O–H groups in total. The SMILES string of the molecule is COc1ccc(S(=O)(=O)C2=C(O)C(C)CC=C2)cc1. The van der Waals surface area contributed by atoms with Crippen molar-refractivity contribution in [3.05, 3.63) is 47.1 Å². The number of rotatable bonds is 3. The van der Waals surface area contributed by atoms with Gasteiger partial charge in [-0.3, -0.25) is 0 Å².